The van der Waals surface area contributed by atoms with Crippen LogP contribution in [0.25, 0.3) is 10.9 Å². The largest absolute Gasteiger partial charge is 0.324 e. The highest BCUT2D eigenvalue weighted by molar-refractivity contribution is 6.30. The number of para-hydroxylation sites is 1. The maximum Gasteiger partial charge on any atom is 0.0749 e. The molecule has 0 fully saturated rings. The zero-order valence-electron chi connectivity index (χ0n) is 11.0. The van der Waals surface area contributed by atoms with Crippen molar-refractivity contribution in [2.45, 2.75) is 12.5 Å². The third-order valence-electron chi connectivity index (χ3n) is 3.41. The summed E-state index contributed by atoms with van der Waals surface area (Å²) in [5.41, 5.74) is 9.55. The second-order valence-corrected chi connectivity index (χ2v) is 5.30. The second kappa shape index (κ2) is 5.61. The topological polar surface area (TPSA) is 38.9 Å². The lowest BCUT2D eigenvalue weighted by Gasteiger charge is -2.14. The van der Waals surface area contributed by atoms with Crippen molar-refractivity contribution < 1.29 is 0 Å². The molecule has 0 spiro atoms. The van der Waals surface area contributed by atoms with Gasteiger partial charge in [-0.05, 0) is 35.7 Å². The van der Waals surface area contributed by atoms with Crippen molar-refractivity contribution in [3.63, 3.8) is 0 Å². The first kappa shape index (κ1) is 13.1. The third-order valence-corrected chi connectivity index (χ3v) is 3.64. The van der Waals surface area contributed by atoms with E-state index in [1.807, 2.05) is 42.5 Å². The normalized spacial score (nSPS) is 12.5. The Hall–Kier alpha value is -1.90. The number of aromatic nitrogens is 1. The van der Waals surface area contributed by atoms with Gasteiger partial charge in [-0.25, -0.2) is 0 Å². The van der Waals surface area contributed by atoms with Gasteiger partial charge in [0.15, 0.2) is 0 Å². The maximum absolute atomic E-state index is 6.36. The first-order valence-electron chi connectivity index (χ1n) is 6.58. The van der Waals surface area contributed by atoms with E-state index in [0.717, 1.165) is 33.5 Å². The molecule has 3 aromatic rings. The minimum absolute atomic E-state index is 0.0907. The molecule has 0 aliphatic rings. The van der Waals surface area contributed by atoms with Crippen LogP contribution >= 0.6 is 11.6 Å². The molecule has 1 unspecified atom stereocenters. The number of hydrogen-bond acceptors (Lipinski definition) is 2. The molecule has 2 nitrogen and oxygen atoms in total. The number of benzene rings is 2. The zero-order valence-corrected chi connectivity index (χ0v) is 11.7. The molecular formula is C17H15ClN2. The summed E-state index contributed by atoms with van der Waals surface area (Å²) in [6.45, 7) is 0. The second-order valence-electron chi connectivity index (χ2n) is 4.86. The molecule has 3 heteroatoms. The molecule has 3 rings (SSSR count). The summed E-state index contributed by atoms with van der Waals surface area (Å²) < 4.78 is 0. The minimum atomic E-state index is -0.0907. The van der Waals surface area contributed by atoms with Crippen molar-refractivity contribution in [2.75, 3.05) is 0 Å². The van der Waals surface area contributed by atoms with Crippen LogP contribution in [0.4, 0.5) is 0 Å². The van der Waals surface area contributed by atoms with Crippen LogP contribution in [0.2, 0.25) is 5.02 Å². The van der Waals surface area contributed by atoms with Crippen LogP contribution < -0.4 is 5.73 Å². The molecule has 2 N–H and O–H groups in total. The van der Waals surface area contributed by atoms with Crippen LogP contribution in [0.3, 0.4) is 0 Å². The molecule has 100 valence electrons. The first-order chi connectivity index (χ1) is 9.74. The molecule has 0 saturated carbocycles. The van der Waals surface area contributed by atoms with Crippen molar-refractivity contribution >= 4 is 22.5 Å². The van der Waals surface area contributed by atoms with Gasteiger partial charge in [-0.15, -0.1) is 0 Å². The predicted molar refractivity (Wildman–Crippen MR) is 83.8 cm³/mol. The van der Waals surface area contributed by atoms with Crippen LogP contribution in [0.15, 0.2) is 60.8 Å². The Labute approximate surface area is 123 Å². The Morgan fingerprint density at radius 1 is 1.05 bits per heavy atom. The average molecular weight is 283 g/mol. The van der Waals surface area contributed by atoms with Gasteiger partial charge in [0.1, 0.15) is 0 Å². The van der Waals surface area contributed by atoms with Gasteiger partial charge in [0, 0.05) is 22.6 Å². The lowest BCUT2D eigenvalue weighted by molar-refractivity contribution is 0.726. The summed E-state index contributed by atoms with van der Waals surface area (Å²) in [4.78, 5) is 4.46. The van der Waals surface area contributed by atoms with E-state index < -0.39 is 0 Å². The molecule has 2 aromatic carbocycles. The van der Waals surface area contributed by atoms with E-state index in [0.29, 0.717) is 0 Å². The van der Waals surface area contributed by atoms with E-state index in [9.17, 15) is 0 Å². The lowest BCUT2D eigenvalue weighted by Crippen LogP contribution is -2.14. The first-order valence-corrected chi connectivity index (χ1v) is 6.95. The number of pyridine rings is 1. The monoisotopic (exact) mass is 282 g/mol. The van der Waals surface area contributed by atoms with Gasteiger partial charge < -0.3 is 5.73 Å². The van der Waals surface area contributed by atoms with E-state index in [2.05, 4.69) is 17.1 Å². The van der Waals surface area contributed by atoms with Gasteiger partial charge in [0.2, 0.25) is 0 Å². The van der Waals surface area contributed by atoms with Crippen molar-refractivity contribution in [1.29, 1.82) is 0 Å². The fourth-order valence-electron chi connectivity index (χ4n) is 2.45. The highest BCUT2D eigenvalue weighted by Gasteiger charge is 2.11. The summed E-state index contributed by atoms with van der Waals surface area (Å²) in [5.74, 6) is 0. The summed E-state index contributed by atoms with van der Waals surface area (Å²) in [5, 5.41) is 1.86. The molecule has 0 amide bonds. The van der Waals surface area contributed by atoms with Gasteiger partial charge in [-0.3, -0.25) is 4.98 Å². The molecule has 1 atom stereocenters. The molecule has 0 aliphatic carbocycles. The summed E-state index contributed by atoms with van der Waals surface area (Å²) >= 11 is 6.02. The fourth-order valence-corrected chi connectivity index (χ4v) is 2.67. The number of rotatable bonds is 3. The van der Waals surface area contributed by atoms with E-state index in [4.69, 9.17) is 17.3 Å². The Kier molecular flexibility index (Phi) is 3.68. The van der Waals surface area contributed by atoms with Gasteiger partial charge in [-0.2, -0.15) is 0 Å². The maximum atomic E-state index is 6.36. The Morgan fingerprint density at radius 3 is 2.70 bits per heavy atom. The number of hydrogen-bond donors (Lipinski definition) is 1. The number of nitrogens with two attached hydrogens (primary N) is 1. The van der Waals surface area contributed by atoms with Crippen LogP contribution in [0, 0.1) is 0 Å². The van der Waals surface area contributed by atoms with Crippen molar-refractivity contribution in [3.05, 3.63) is 76.9 Å². The standard InChI is InChI=1S/C17H15ClN2/c18-14-7-1-4-12(10-14)11-16(19)15-8-2-5-13-6-3-9-20-17(13)15/h1-10,16H,11,19H2. The number of fused-ring (bicyclic) bond motifs is 1. The van der Waals surface area contributed by atoms with E-state index in [1.54, 1.807) is 6.20 Å². The quantitative estimate of drug-likeness (QED) is 0.784. The van der Waals surface area contributed by atoms with Gasteiger partial charge in [-0.1, -0.05) is 48.0 Å². The molecule has 0 saturated heterocycles. The summed E-state index contributed by atoms with van der Waals surface area (Å²) in [7, 11) is 0. The lowest BCUT2D eigenvalue weighted by atomic mass is 9.97. The van der Waals surface area contributed by atoms with Crippen LogP contribution in [0.5, 0.6) is 0 Å². The average Bonchev–Trinajstić information content (AvgIpc) is 2.46. The number of halogens is 1. The van der Waals surface area contributed by atoms with E-state index in [-0.39, 0.29) is 6.04 Å². The third kappa shape index (κ3) is 2.67. The number of nitrogens with zero attached hydrogens (tertiary/aromatic N) is 1. The molecule has 0 aliphatic heterocycles. The van der Waals surface area contributed by atoms with E-state index in [1.165, 1.54) is 0 Å². The van der Waals surface area contributed by atoms with Crippen molar-refractivity contribution in [1.82, 2.24) is 4.98 Å². The smallest absolute Gasteiger partial charge is 0.0749 e. The van der Waals surface area contributed by atoms with Crippen molar-refractivity contribution in [3.8, 4) is 0 Å². The Bertz CT molecular complexity index is 734. The van der Waals surface area contributed by atoms with Crippen molar-refractivity contribution in [2.24, 2.45) is 5.73 Å². The van der Waals surface area contributed by atoms with Gasteiger partial charge in [0.25, 0.3) is 0 Å². The van der Waals surface area contributed by atoms with Gasteiger partial charge in [0.05, 0.1) is 5.52 Å². The van der Waals surface area contributed by atoms with Crippen LogP contribution in [-0.2, 0) is 6.42 Å². The highest BCUT2D eigenvalue weighted by Crippen LogP contribution is 2.24. The highest BCUT2D eigenvalue weighted by atomic mass is 35.5. The van der Waals surface area contributed by atoms with Crippen LogP contribution in [0.1, 0.15) is 17.2 Å². The predicted octanol–water partition coefficient (Wildman–Crippen LogP) is 4.13. The molecular weight excluding hydrogens is 268 g/mol. The van der Waals surface area contributed by atoms with Crippen LogP contribution in [-0.4, -0.2) is 4.98 Å². The molecule has 0 radical (unpaired) electrons. The van der Waals surface area contributed by atoms with Gasteiger partial charge >= 0.3 is 0 Å². The summed E-state index contributed by atoms with van der Waals surface area (Å²) in [6.07, 6.45) is 2.55. The zero-order chi connectivity index (χ0) is 13.9. The minimum Gasteiger partial charge on any atom is -0.324 e. The fraction of sp³-hybridized carbons (Fsp3) is 0.118. The molecule has 20 heavy (non-hydrogen) atoms. The molecule has 1 heterocycles. The Morgan fingerprint density at radius 2 is 1.85 bits per heavy atom. The molecule has 0 bridgehead atoms. The molecule has 1 aromatic heterocycles. The van der Waals surface area contributed by atoms with E-state index >= 15 is 0 Å². The Balaban J connectivity index is 1.94. The summed E-state index contributed by atoms with van der Waals surface area (Å²) in [6, 6.07) is 17.9. The SMILES string of the molecule is NC(Cc1cccc(Cl)c1)c1cccc2cccnc12.